The van der Waals surface area contributed by atoms with Gasteiger partial charge in [0.05, 0.1) is 17.7 Å². The van der Waals surface area contributed by atoms with Gasteiger partial charge in [0.1, 0.15) is 17.7 Å². The Labute approximate surface area is 122 Å². The van der Waals surface area contributed by atoms with Crippen LogP contribution >= 0.6 is 0 Å². The molecule has 1 aliphatic rings. The lowest BCUT2D eigenvalue weighted by Crippen LogP contribution is -2.25. The topological polar surface area (TPSA) is 60.2 Å². The van der Waals surface area contributed by atoms with E-state index in [1.165, 1.54) is 18.3 Å². The average Bonchev–Trinajstić information content (AvgIpc) is 2.90. The van der Waals surface area contributed by atoms with Crippen LogP contribution < -0.4 is 4.90 Å². The molecule has 5 heteroatoms. The third kappa shape index (κ3) is 2.71. The third-order valence-corrected chi connectivity index (χ3v) is 3.71. The third-order valence-electron chi connectivity index (χ3n) is 3.71. The van der Waals surface area contributed by atoms with Crippen molar-refractivity contribution in [1.82, 2.24) is 4.98 Å². The number of pyridine rings is 1. The second-order valence-corrected chi connectivity index (χ2v) is 5.13. The number of aliphatic hydroxyl groups excluding tert-OH is 1. The lowest BCUT2D eigenvalue weighted by atomic mass is 10.0. The van der Waals surface area contributed by atoms with Crippen LogP contribution in [0, 0.1) is 17.1 Å². The van der Waals surface area contributed by atoms with Crippen LogP contribution in [0.15, 0.2) is 42.6 Å². The van der Waals surface area contributed by atoms with E-state index in [2.05, 4.69) is 4.98 Å². The van der Waals surface area contributed by atoms with Crippen molar-refractivity contribution in [3.8, 4) is 6.07 Å². The summed E-state index contributed by atoms with van der Waals surface area (Å²) in [6, 6.07) is 11.8. The molecule has 1 aliphatic heterocycles. The minimum atomic E-state index is -0.447. The molecule has 1 saturated heterocycles. The Bertz CT molecular complexity index is 663. The van der Waals surface area contributed by atoms with Crippen LogP contribution in [0.4, 0.5) is 10.2 Å². The predicted molar refractivity (Wildman–Crippen MR) is 76.1 cm³/mol. The van der Waals surface area contributed by atoms with Crippen molar-refractivity contribution >= 4 is 5.82 Å². The summed E-state index contributed by atoms with van der Waals surface area (Å²) in [5.41, 5.74) is 1.44. The molecule has 0 aliphatic carbocycles. The SMILES string of the molecule is N#Cc1ccc(N2C[C@@H](O)C[C@@H]2c2ccc(F)cc2)nc1. The number of halogens is 1. The van der Waals surface area contributed by atoms with E-state index in [0.29, 0.717) is 24.3 Å². The molecule has 0 radical (unpaired) electrons. The number of nitriles is 1. The molecule has 2 atom stereocenters. The van der Waals surface area contributed by atoms with Gasteiger partial charge >= 0.3 is 0 Å². The maximum Gasteiger partial charge on any atom is 0.129 e. The van der Waals surface area contributed by atoms with Gasteiger partial charge in [-0.15, -0.1) is 0 Å². The van der Waals surface area contributed by atoms with E-state index in [1.807, 2.05) is 11.0 Å². The summed E-state index contributed by atoms with van der Waals surface area (Å²) >= 11 is 0. The largest absolute Gasteiger partial charge is 0.391 e. The van der Waals surface area contributed by atoms with E-state index in [0.717, 1.165) is 5.56 Å². The minimum Gasteiger partial charge on any atom is -0.391 e. The van der Waals surface area contributed by atoms with E-state index < -0.39 is 6.10 Å². The van der Waals surface area contributed by atoms with Crippen LogP contribution in [0.5, 0.6) is 0 Å². The number of anilines is 1. The van der Waals surface area contributed by atoms with E-state index in [-0.39, 0.29) is 11.9 Å². The number of aromatic nitrogens is 1. The van der Waals surface area contributed by atoms with Gasteiger partial charge in [-0.1, -0.05) is 12.1 Å². The molecule has 3 rings (SSSR count). The molecule has 2 aromatic rings. The molecule has 2 heterocycles. The van der Waals surface area contributed by atoms with Crippen LogP contribution in [-0.2, 0) is 0 Å². The Morgan fingerprint density at radius 1 is 1.24 bits per heavy atom. The van der Waals surface area contributed by atoms with Crippen molar-refractivity contribution in [3.05, 3.63) is 59.5 Å². The van der Waals surface area contributed by atoms with Gasteiger partial charge in [-0.2, -0.15) is 5.26 Å². The second kappa shape index (κ2) is 5.51. The minimum absolute atomic E-state index is 0.0407. The molecule has 1 aromatic heterocycles. The molecule has 21 heavy (non-hydrogen) atoms. The van der Waals surface area contributed by atoms with Crippen molar-refractivity contribution < 1.29 is 9.50 Å². The highest BCUT2D eigenvalue weighted by Crippen LogP contribution is 2.35. The van der Waals surface area contributed by atoms with Gasteiger partial charge in [0, 0.05) is 12.7 Å². The molecule has 106 valence electrons. The Morgan fingerprint density at radius 3 is 2.62 bits per heavy atom. The van der Waals surface area contributed by atoms with E-state index in [9.17, 15) is 9.50 Å². The number of nitrogens with zero attached hydrogens (tertiary/aromatic N) is 3. The van der Waals surface area contributed by atoms with Crippen LogP contribution in [-0.4, -0.2) is 22.7 Å². The predicted octanol–water partition coefficient (Wildman–Crippen LogP) is 2.40. The van der Waals surface area contributed by atoms with Crippen LogP contribution in [0.1, 0.15) is 23.6 Å². The van der Waals surface area contributed by atoms with E-state index >= 15 is 0 Å². The number of β-amino-alcohol motifs (C(OH)–C–C–N with tert-alkyl or cyclic N) is 1. The van der Waals surface area contributed by atoms with Crippen LogP contribution in [0.3, 0.4) is 0 Å². The fourth-order valence-corrected chi connectivity index (χ4v) is 2.69. The van der Waals surface area contributed by atoms with Gasteiger partial charge in [-0.25, -0.2) is 9.37 Å². The van der Waals surface area contributed by atoms with Crippen molar-refractivity contribution in [1.29, 1.82) is 5.26 Å². The average molecular weight is 283 g/mol. The molecule has 0 unspecified atom stereocenters. The first-order chi connectivity index (χ1) is 10.2. The van der Waals surface area contributed by atoms with Gasteiger partial charge in [-0.05, 0) is 36.2 Å². The molecule has 1 N–H and O–H groups in total. The van der Waals surface area contributed by atoms with Gasteiger partial charge in [0.15, 0.2) is 0 Å². The normalized spacial score (nSPS) is 21.3. The number of benzene rings is 1. The first kappa shape index (κ1) is 13.5. The molecular formula is C16H14FN3O. The molecule has 0 bridgehead atoms. The maximum atomic E-state index is 13.0. The zero-order valence-corrected chi connectivity index (χ0v) is 11.3. The highest BCUT2D eigenvalue weighted by molar-refractivity contribution is 5.46. The summed E-state index contributed by atoms with van der Waals surface area (Å²) in [6.07, 6.45) is 1.65. The van der Waals surface area contributed by atoms with Gasteiger partial charge in [-0.3, -0.25) is 0 Å². The molecular weight excluding hydrogens is 269 g/mol. The number of hydrogen-bond acceptors (Lipinski definition) is 4. The Hall–Kier alpha value is -2.45. The highest BCUT2D eigenvalue weighted by Gasteiger charge is 2.32. The number of rotatable bonds is 2. The first-order valence-corrected chi connectivity index (χ1v) is 6.73. The summed E-state index contributed by atoms with van der Waals surface area (Å²) in [5.74, 6) is 0.431. The number of hydrogen-bond donors (Lipinski definition) is 1. The highest BCUT2D eigenvalue weighted by atomic mass is 19.1. The fraction of sp³-hybridized carbons (Fsp3) is 0.250. The zero-order chi connectivity index (χ0) is 14.8. The Balaban J connectivity index is 1.91. The molecule has 0 amide bonds. The molecule has 4 nitrogen and oxygen atoms in total. The van der Waals surface area contributed by atoms with Crippen molar-refractivity contribution in [3.63, 3.8) is 0 Å². The van der Waals surface area contributed by atoms with Gasteiger partial charge < -0.3 is 10.0 Å². The summed E-state index contributed by atoms with van der Waals surface area (Å²) in [6.45, 7) is 0.473. The van der Waals surface area contributed by atoms with E-state index in [4.69, 9.17) is 5.26 Å². The lowest BCUT2D eigenvalue weighted by Gasteiger charge is -2.25. The summed E-state index contributed by atoms with van der Waals surface area (Å²) in [4.78, 5) is 6.26. The molecule has 1 fully saturated rings. The lowest BCUT2D eigenvalue weighted by molar-refractivity contribution is 0.194. The molecule has 1 aromatic carbocycles. The smallest absolute Gasteiger partial charge is 0.129 e. The summed E-state index contributed by atoms with van der Waals surface area (Å²) < 4.78 is 13.0. The Morgan fingerprint density at radius 2 is 2.00 bits per heavy atom. The van der Waals surface area contributed by atoms with Gasteiger partial charge in [0.25, 0.3) is 0 Å². The van der Waals surface area contributed by atoms with Crippen LogP contribution in [0.2, 0.25) is 0 Å². The first-order valence-electron chi connectivity index (χ1n) is 6.73. The standard InChI is InChI=1S/C16H14FN3O/c17-13-4-2-12(3-5-13)15-7-14(21)10-20(15)16-6-1-11(8-18)9-19-16/h1-6,9,14-15,21H,7,10H2/t14-,15+/m0/s1. The maximum absolute atomic E-state index is 13.0. The van der Waals surface area contributed by atoms with Crippen molar-refractivity contribution in [2.75, 3.05) is 11.4 Å². The summed E-state index contributed by atoms with van der Waals surface area (Å²) in [5, 5.41) is 18.8. The van der Waals surface area contributed by atoms with E-state index in [1.54, 1.807) is 24.3 Å². The van der Waals surface area contributed by atoms with Gasteiger partial charge in [0.2, 0.25) is 0 Å². The van der Waals surface area contributed by atoms with Crippen LogP contribution in [0.25, 0.3) is 0 Å². The summed E-state index contributed by atoms with van der Waals surface area (Å²) in [7, 11) is 0. The van der Waals surface area contributed by atoms with Crippen molar-refractivity contribution in [2.24, 2.45) is 0 Å². The van der Waals surface area contributed by atoms with Crippen molar-refractivity contribution in [2.45, 2.75) is 18.6 Å². The fourth-order valence-electron chi connectivity index (χ4n) is 2.69. The number of aliphatic hydroxyl groups is 1. The molecule has 0 spiro atoms. The Kier molecular flexibility index (Phi) is 3.55. The second-order valence-electron chi connectivity index (χ2n) is 5.13. The molecule has 0 saturated carbocycles. The quantitative estimate of drug-likeness (QED) is 0.919. The zero-order valence-electron chi connectivity index (χ0n) is 11.3. The monoisotopic (exact) mass is 283 g/mol.